The van der Waals surface area contributed by atoms with Gasteiger partial charge in [-0.05, 0) is 24.6 Å². The van der Waals surface area contributed by atoms with Crippen molar-refractivity contribution in [3.63, 3.8) is 0 Å². The van der Waals surface area contributed by atoms with E-state index in [2.05, 4.69) is 0 Å². The van der Waals surface area contributed by atoms with Gasteiger partial charge >= 0.3 is 0 Å². The predicted molar refractivity (Wildman–Crippen MR) is 105 cm³/mol. The predicted octanol–water partition coefficient (Wildman–Crippen LogP) is 3.15. The highest BCUT2D eigenvalue weighted by Crippen LogP contribution is 2.40. The third-order valence-electron chi connectivity index (χ3n) is 4.61. The van der Waals surface area contributed by atoms with E-state index in [1.807, 2.05) is 25.1 Å². The quantitative estimate of drug-likeness (QED) is 0.453. The van der Waals surface area contributed by atoms with Gasteiger partial charge in [0.2, 0.25) is 0 Å². The van der Waals surface area contributed by atoms with E-state index in [1.54, 1.807) is 36.4 Å². The van der Waals surface area contributed by atoms with Gasteiger partial charge in [0.25, 0.3) is 11.7 Å². The number of hydrogen-bond acceptors (Lipinski definition) is 5. The monoisotopic (exact) mass is 381 g/mol. The first-order valence-corrected chi connectivity index (χ1v) is 9.14. The number of Topliss-reactive ketones (excluding diaryl/α,β-unsaturated/α-hetero) is 1. The Morgan fingerprint density at radius 3 is 2.54 bits per heavy atom. The minimum Gasteiger partial charge on any atom is -0.507 e. The van der Waals surface area contributed by atoms with Crippen molar-refractivity contribution < 1.29 is 24.2 Å². The molecule has 0 aliphatic carbocycles. The average molecular weight is 381 g/mol. The molecular formula is C22H23NO5. The zero-order valence-corrected chi connectivity index (χ0v) is 15.9. The van der Waals surface area contributed by atoms with E-state index in [0.717, 1.165) is 0 Å². The largest absolute Gasteiger partial charge is 0.507 e. The van der Waals surface area contributed by atoms with Crippen molar-refractivity contribution in [2.75, 3.05) is 26.9 Å². The molecule has 1 saturated heterocycles. The number of rotatable bonds is 7. The maximum atomic E-state index is 12.8. The molecule has 6 heteroatoms. The lowest BCUT2D eigenvalue weighted by atomic mass is 9.95. The van der Waals surface area contributed by atoms with Crippen LogP contribution in [0, 0.1) is 0 Å². The van der Waals surface area contributed by atoms with E-state index in [-0.39, 0.29) is 24.5 Å². The first-order valence-electron chi connectivity index (χ1n) is 9.14. The Labute approximate surface area is 164 Å². The van der Waals surface area contributed by atoms with Gasteiger partial charge < -0.3 is 19.5 Å². The molecule has 6 nitrogen and oxygen atoms in total. The van der Waals surface area contributed by atoms with Gasteiger partial charge in [0.15, 0.2) is 0 Å². The summed E-state index contributed by atoms with van der Waals surface area (Å²) in [5.41, 5.74) is 1.25. The summed E-state index contributed by atoms with van der Waals surface area (Å²) < 4.78 is 10.7. The average Bonchev–Trinajstić information content (AvgIpc) is 2.97. The van der Waals surface area contributed by atoms with Gasteiger partial charge in [0, 0.05) is 19.2 Å². The second-order valence-electron chi connectivity index (χ2n) is 6.36. The first-order chi connectivity index (χ1) is 13.6. The van der Waals surface area contributed by atoms with Crippen LogP contribution in [0.15, 0.2) is 60.2 Å². The van der Waals surface area contributed by atoms with Crippen LogP contribution in [-0.2, 0) is 14.3 Å². The maximum absolute atomic E-state index is 12.8. The summed E-state index contributed by atoms with van der Waals surface area (Å²) in [7, 11) is 1.53. The number of carbonyl (C=O) groups is 2. The lowest BCUT2D eigenvalue weighted by molar-refractivity contribution is -0.140. The number of aliphatic hydroxyl groups excluding tert-OH is 1. The first kappa shape index (κ1) is 19.6. The van der Waals surface area contributed by atoms with Gasteiger partial charge in [-0.25, -0.2) is 0 Å². The van der Waals surface area contributed by atoms with E-state index in [1.165, 1.54) is 12.0 Å². The Kier molecular flexibility index (Phi) is 6.11. The van der Waals surface area contributed by atoms with Crippen molar-refractivity contribution in [2.45, 2.75) is 13.0 Å². The minimum absolute atomic E-state index is 0.0703. The van der Waals surface area contributed by atoms with Gasteiger partial charge in [-0.15, -0.1) is 0 Å². The molecule has 0 saturated carbocycles. The third-order valence-corrected chi connectivity index (χ3v) is 4.61. The normalized spacial score (nSPS) is 18.5. The van der Waals surface area contributed by atoms with Gasteiger partial charge in [0.1, 0.15) is 11.5 Å². The van der Waals surface area contributed by atoms with Gasteiger partial charge in [0.05, 0.1) is 24.8 Å². The number of likely N-dealkylation sites (tertiary alicyclic amines) is 1. The minimum atomic E-state index is -0.712. The van der Waals surface area contributed by atoms with Gasteiger partial charge in [-0.1, -0.05) is 42.5 Å². The number of ketones is 1. The molecule has 0 aromatic heterocycles. The van der Waals surface area contributed by atoms with Crippen molar-refractivity contribution in [3.05, 3.63) is 71.3 Å². The van der Waals surface area contributed by atoms with Gasteiger partial charge in [-0.2, -0.15) is 0 Å². The Morgan fingerprint density at radius 2 is 1.86 bits per heavy atom. The molecule has 146 valence electrons. The number of benzene rings is 2. The van der Waals surface area contributed by atoms with Crippen molar-refractivity contribution in [3.8, 4) is 5.75 Å². The number of aliphatic hydroxyl groups is 1. The number of nitrogens with zero attached hydrogens (tertiary/aromatic N) is 1. The molecule has 1 fully saturated rings. The Morgan fingerprint density at radius 1 is 1.11 bits per heavy atom. The molecule has 1 aliphatic heterocycles. The lowest BCUT2D eigenvalue weighted by Crippen LogP contribution is -2.32. The van der Waals surface area contributed by atoms with Crippen LogP contribution in [-0.4, -0.2) is 48.6 Å². The summed E-state index contributed by atoms with van der Waals surface area (Å²) >= 11 is 0. The Hall–Kier alpha value is -3.12. The zero-order valence-electron chi connectivity index (χ0n) is 15.9. The molecule has 2 aromatic carbocycles. The maximum Gasteiger partial charge on any atom is 0.295 e. The van der Waals surface area contributed by atoms with Gasteiger partial charge in [-0.3, -0.25) is 9.59 Å². The number of carbonyl (C=O) groups excluding carboxylic acids is 2. The molecule has 1 unspecified atom stereocenters. The fourth-order valence-electron chi connectivity index (χ4n) is 3.34. The molecule has 28 heavy (non-hydrogen) atoms. The van der Waals surface area contributed by atoms with E-state index < -0.39 is 17.7 Å². The molecule has 1 N–H and O–H groups in total. The Bertz CT molecular complexity index is 891. The van der Waals surface area contributed by atoms with Crippen molar-refractivity contribution in [2.24, 2.45) is 0 Å². The molecule has 0 radical (unpaired) electrons. The highest BCUT2D eigenvalue weighted by molar-refractivity contribution is 6.46. The molecule has 0 bridgehead atoms. The highest BCUT2D eigenvalue weighted by Gasteiger charge is 2.45. The standard InChI is InChI=1S/C22H23NO5/c1-3-28-17-11-7-10-16(14-17)19-18(20(24)15-8-5-4-6-9-15)21(25)22(26)23(19)12-13-27-2/h4-11,14,19,24H,3,12-13H2,1-2H3/b20-18+. The molecule has 1 atom stereocenters. The van der Waals surface area contributed by atoms with Crippen LogP contribution in [0.2, 0.25) is 0 Å². The van der Waals surface area contributed by atoms with Crippen molar-refractivity contribution >= 4 is 17.4 Å². The molecule has 1 heterocycles. The number of hydrogen-bond donors (Lipinski definition) is 1. The van der Waals surface area contributed by atoms with Crippen LogP contribution in [0.5, 0.6) is 5.75 Å². The van der Waals surface area contributed by atoms with E-state index in [4.69, 9.17) is 9.47 Å². The highest BCUT2D eigenvalue weighted by atomic mass is 16.5. The van der Waals surface area contributed by atoms with Crippen molar-refractivity contribution in [1.82, 2.24) is 4.90 Å². The number of amides is 1. The van der Waals surface area contributed by atoms with Crippen LogP contribution >= 0.6 is 0 Å². The van der Waals surface area contributed by atoms with Crippen LogP contribution < -0.4 is 4.74 Å². The SMILES string of the molecule is CCOc1cccc(C2/C(=C(\O)c3ccccc3)C(=O)C(=O)N2CCOC)c1. The van der Waals surface area contributed by atoms with Crippen LogP contribution in [0.3, 0.4) is 0 Å². The van der Waals surface area contributed by atoms with E-state index in [0.29, 0.717) is 23.5 Å². The summed E-state index contributed by atoms with van der Waals surface area (Å²) in [5, 5.41) is 10.9. The second-order valence-corrected chi connectivity index (χ2v) is 6.36. The van der Waals surface area contributed by atoms with Crippen LogP contribution in [0.25, 0.3) is 5.76 Å². The van der Waals surface area contributed by atoms with E-state index in [9.17, 15) is 14.7 Å². The Balaban J connectivity index is 2.14. The molecule has 1 aliphatic rings. The summed E-state index contributed by atoms with van der Waals surface area (Å²) in [4.78, 5) is 26.9. The summed E-state index contributed by atoms with van der Waals surface area (Å²) in [5.74, 6) is -0.909. The van der Waals surface area contributed by atoms with Crippen LogP contribution in [0.1, 0.15) is 24.1 Å². The smallest absolute Gasteiger partial charge is 0.295 e. The van der Waals surface area contributed by atoms with Crippen molar-refractivity contribution in [1.29, 1.82) is 0 Å². The lowest BCUT2D eigenvalue weighted by Gasteiger charge is -2.25. The summed E-state index contributed by atoms with van der Waals surface area (Å²) in [6, 6.07) is 15.3. The topological polar surface area (TPSA) is 76.1 Å². The van der Waals surface area contributed by atoms with Crippen LogP contribution in [0.4, 0.5) is 0 Å². The number of methoxy groups -OCH3 is 1. The molecular weight excluding hydrogens is 358 g/mol. The molecule has 1 amide bonds. The zero-order chi connectivity index (χ0) is 20.1. The number of ether oxygens (including phenoxy) is 2. The summed E-state index contributed by atoms with van der Waals surface area (Å²) in [6.45, 7) is 2.89. The third kappa shape index (κ3) is 3.77. The molecule has 3 rings (SSSR count). The van der Waals surface area contributed by atoms with E-state index >= 15 is 0 Å². The molecule has 2 aromatic rings. The fraction of sp³-hybridized carbons (Fsp3) is 0.273. The fourth-order valence-corrected chi connectivity index (χ4v) is 3.34. The molecule has 0 spiro atoms. The summed E-state index contributed by atoms with van der Waals surface area (Å²) in [6.07, 6.45) is 0. The second kappa shape index (κ2) is 8.71.